The summed E-state index contributed by atoms with van der Waals surface area (Å²) >= 11 is 0. The average molecular weight is 579 g/mol. The Labute approximate surface area is 240 Å². The molecule has 218 valence electrons. The van der Waals surface area contributed by atoms with Crippen LogP contribution in [0.25, 0.3) is 17.0 Å². The number of nitrogens with zero attached hydrogens (tertiary/aromatic N) is 7. The van der Waals surface area contributed by atoms with Crippen LogP contribution >= 0.6 is 0 Å². The van der Waals surface area contributed by atoms with Gasteiger partial charge in [0.25, 0.3) is 10.0 Å². The summed E-state index contributed by atoms with van der Waals surface area (Å²) in [5.41, 5.74) is 9.57. The summed E-state index contributed by atoms with van der Waals surface area (Å²) in [6, 6.07) is 4.08. The van der Waals surface area contributed by atoms with Gasteiger partial charge in [0.05, 0.1) is 34.6 Å². The minimum atomic E-state index is -3.48. The quantitative estimate of drug-likeness (QED) is 0.343. The summed E-state index contributed by atoms with van der Waals surface area (Å²) < 4.78 is 28.1. The molecular weight excluding hydrogens is 540 g/mol. The lowest BCUT2D eigenvalue weighted by molar-refractivity contribution is 0.240. The molecule has 1 unspecified atom stereocenters. The molecule has 0 spiro atoms. The van der Waals surface area contributed by atoms with Crippen molar-refractivity contribution in [1.82, 2.24) is 44.5 Å². The normalized spacial score (nSPS) is 25.0. The van der Waals surface area contributed by atoms with E-state index in [0.717, 1.165) is 40.4 Å². The minimum Gasteiger partial charge on any atom is -0.382 e. The van der Waals surface area contributed by atoms with Crippen LogP contribution in [0.3, 0.4) is 0 Å². The van der Waals surface area contributed by atoms with Crippen molar-refractivity contribution in [3.05, 3.63) is 66.3 Å². The fraction of sp³-hybridized carbons (Fsp3) is 0.500. The Hall–Kier alpha value is -3.55. The molecule has 3 aliphatic rings. The molecule has 3 aromatic rings. The Balaban J connectivity index is 1.27. The maximum atomic E-state index is 12.6. The zero-order valence-electron chi connectivity index (χ0n) is 23.7. The standard InChI is InChI=1S/C28H38N10O2S/c1-36(2)17-19-4-6-21(7-5-19)33-25-14-28(29,31-16-23(25)24-11-13-37(3)35-24)26-10-12-30-27(34-26)20-15-32-38(18-20)41(39,40)22-8-9-22/h10-16,18-19,21-22,31,33H,4-9,17,29H2,1-3H3. The molecule has 0 aromatic carbocycles. The molecule has 0 radical (unpaired) electrons. The van der Waals surface area contributed by atoms with Crippen molar-refractivity contribution < 1.29 is 8.42 Å². The molecule has 41 heavy (non-hydrogen) atoms. The predicted octanol–water partition coefficient (Wildman–Crippen LogP) is 1.76. The summed E-state index contributed by atoms with van der Waals surface area (Å²) in [5, 5.41) is 15.5. The third kappa shape index (κ3) is 5.79. The highest BCUT2D eigenvalue weighted by Gasteiger charge is 2.38. The van der Waals surface area contributed by atoms with Crippen LogP contribution in [0.1, 0.15) is 49.9 Å². The van der Waals surface area contributed by atoms with E-state index in [1.54, 1.807) is 16.9 Å². The number of nitrogens with one attached hydrogen (secondary N) is 2. The average Bonchev–Trinajstić information content (AvgIpc) is 3.54. The Kier molecular flexibility index (Phi) is 7.20. The molecule has 0 saturated heterocycles. The second-order valence-corrected chi connectivity index (χ2v) is 13.8. The number of allylic oxidation sites excluding steroid dienone is 1. The Bertz CT molecular complexity index is 1580. The van der Waals surface area contributed by atoms with E-state index < -0.39 is 15.7 Å². The van der Waals surface area contributed by atoms with Gasteiger partial charge in [-0.1, -0.05) is 0 Å². The van der Waals surface area contributed by atoms with Crippen molar-refractivity contribution in [1.29, 1.82) is 0 Å². The van der Waals surface area contributed by atoms with Crippen molar-refractivity contribution in [3.8, 4) is 11.4 Å². The molecule has 2 saturated carbocycles. The number of aromatic nitrogens is 6. The van der Waals surface area contributed by atoms with Gasteiger partial charge in [-0.2, -0.15) is 14.3 Å². The maximum absolute atomic E-state index is 12.6. The summed E-state index contributed by atoms with van der Waals surface area (Å²) in [5.74, 6) is 1.07. The summed E-state index contributed by atoms with van der Waals surface area (Å²) in [6.07, 6.45) is 16.2. The lowest BCUT2D eigenvalue weighted by Crippen LogP contribution is -2.50. The topological polar surface area (TPSA) is 149 Å². The Morgan fingerprint density at radius 1 is 1.17 bits per heavy atom. The molecule has 3 aromatic heterocycles. The second-order valence-electron chi connectivity index (χ2n) is 11.7. The fourth-order valence-electron chi connectivity index (χ4n) is 5.69. The third-order valence-corrected chi connectivity index (χ3v) is 10.1. The smallest absolute Gasteiger partial charge is 0.256 e. The van der Waals surface area contributed by atoms with E-state index in [1.807, 2.05) is 31.6 Å². The first-order chi connectivity index (χ1) is 19.6. The molecule has 12 nitrogen and oxygen atoms in total. The summed E-state index contributed by atoms with van der Waals surface area (Å²) in [4.78, 5) is 11.4. The molecule has 13 heteroatoms. The Morgan fingerprint density at radius 3 is 2.63 bits per heavy atom. The highest BCUT2D eigenvalue weighted by Crippen LogP contribution is 2.33. The van der Waals surface area contributed by atoms with Crippen LogP contribution in [-0.2, 0) is 22.7 Å². The first-order valence-corrected chi connectivity index (χ1v) is 15.7. The van der Waals surface area contributed by atoms with Gasteiger partial charge in [0.2, 0.25) is 0 Å². The van der Waals surface area contributed by atoms with Crippen molar-refractivity contribution in [3.63, 3.8) is 0 Å². The fourth-order valence-corrected chi connectivity index (χ4v) is 7.16. The molecule has 0 amide bonds. The van der Waals surface area contributed by atoms with Crippen molar-refractivity contribution in [2.45, 2.75) is 55.5 Å². The predicted molar refractivity (Wildman–Crippen MR) is 156 cm³/mol. The van der Waals surface area contributed by atoms with Crippen LogP contribution in [0.4, 0.5) is 0 Å². The largest absolute Gasteiger partial charge is 0.382 e. The lowest BCUT2D eigenvalue weighted by Gasteiger charge is -2.36. The summed E-state index contributed by atoms with van der Waals surface area (Å²) in [6.45, 7) is 1.12. The van der Waals surface area contributed by atoms with E-state index in [-0.39, 0.29) is 5.25 Å². The van der Waals surface area contributed by atoms with Crippen LogP contribution in [0.2, 0.25) is 0 Å². The number of hydrogen-bond donors (Lipinski definition) is 3. The number of nitrogens with two attached hydrogens (primary N) is 1. The minimum absolute atomic E-state index is 0.328. The van der Waals surface area contributed by atoms with E-state index in [4.69, 9.17) is 10.7 Å². The molecule has 2 aliphatic carbocycles. The zero-order chi connectivity index (χ0) is 28.8. The van der Waals surface area contributed by atoms with E-state index in [0.29, 0.717) is 41.9 Å². The van der Waals surface area contributed by atoms with E-state index in [9.17, 15) is 8.42 Å². The van der Waals surface area contributed by atoms with E-state index in [1.165, 1.54) is 25.2 Å². The van der Waals surface area contributed by atoms with Gasteiger partial charge < -0.3 is 21.3 Å². The summed E-state index contributed by atoms with van der Waals surface area (Å²) in [7, 11) is 2.69. The van der Waals surface area contributed by atoms with Crippen molar-refractivity contribution >= 4 is 15.6 Å². The zero-order valence-corrected chi connectivity index (χ0v) is 24.5. The van der Waals surface area contributed by atoms with Gasteiger partial charge in [-0.25, -0.2) is 18.4 Å². The van der Waals surface area contributed by atoms with Crippen molar-refractivity contribution in [2.24, 2.45) is 18.7 Å². The molecule has 6 rings (SSSR count). The molecule has 2 fully saturated rings. The molecule has 4 N–H and O–H groups in total. The van der Waals surface area contributed by atoms with Gasteiger partial charge >= 0.3 is 0 Å². The van der Waals surface area contributed by atoms with Gasteiger partial charge in [0.1, 0.15) is 0 Å². The second kappa shape index (κ2) is 10.7. The number of dihydropyridines is 1. The van der Waals surface area contributed by atoms with Crippen LogP contribution in [-0.4, -0.2) is 74.2 Å². The van der Waals surface area contributed by atoms with Crippen molar-refractivity contribution in [2.75, 3.05) is 20.6 Å². The van der Waals surface area contributed by atoms with E-state index >= 15 is 0 Å². The van der Waals surface area contributed by atoms with Crippen LogP contribution < -0.4 is 16.4 Å². The molecule has 0 bridgehead atoms. The lowest BCUT2D eigenvalue weighted by atomic mass is 9.85. The third-order valence-electron chi connectivity index (χ3n) is 8.04. The van der Waals surface area contributed by atoms with E-state index in [2.05, 4.69) is 44.8 Å². The van der Waals surface area contributed by atoms with Gasteiger partial charge in [-0.3, -0.25) is 4.68 Å². The first kappa shape index (κ1) is 27.6. The molecule has 1 atom stereocenters. The number of hydrogen-bond acceptors (Lipinski definition) is 10. The van der Waals surface area contributed by atoms with Gasteiger partial charge in [-0.05, 0) is 76.7 Å². The number of rotatable bonds is 9. The molecule has 4 heterocycles. The Morgan fingerprint density at radius 2 is 1.95 bits per heavy atom. The van der Waals surface area contributed by atoms with Gasteiger partial charge in [0.15, 0.2) is 11.5 Å². The number of aryl methyl sites for hydroxylation is 1. The van der Waals surface area contributed by atoms with Gasteiger partial charge in [-0.15, -0.1) is 0 Å². The monoisotopic (exact) mass is 578 g/mol. The van der Waals surface area contributed by atoms with Crippen LogP contribution in [0.15, 0.2) is 54.9 Å². The highest BCUT2D eigenvalue weighted by molar-refractivity contribution is 7.90. The molecule has 1 aliphatic heterocycles. The van der Waals surface area contributed by atoms with Gasteiger partial charge in [0, 0.05) is 49.5 Å². The molecular formula is C28H38N10O2S. The van der Waals surface area contributed by atoms with Crippen LogP contribution in [0.5, 0.6) is 0 Å². The highest BCUT2D eigenvalue weighted by atomic mass is 32.2. The first-order valence-electron chi connectivity index (χ1n) is 14.1. The maximum Gasteiger partial charge on any atom is 0.256 e. The van der Waals surface area contributed by atoms with Crippen LogP contribution in [0, 0.1) is 5.92 Å². The SMILES string of the molecule is CN(C)CC1CCC(NC2=CC(N)(c3ccnc(-c4cnn(S(=O)(=O)C5CC5)c4)n3)NC=C2c2ccn(C)n2)CC1.